The lowest BCUT2D eigenvalue weighted by Gasteiger charge is -2.11. The molecule has 7 heteroatoms. The number of hydrogen-bond donors (Lipinski definition) is 2. The van der Waals surface area contributed by atoms with Crippen LogP contribution in [0.1, 0.15) is 27.0 Å². The molecule has 0 radical (unpaired) electrons. The average Bonchev–Trinajstić information content (AvgIpc) is 3.11. The van der Waals surface area contributed by atoms with Crippen LogP contribution in [0.15, 0.2) is 71.3 Å². The summed E-state index contributed by atoms with van der Waals surface area (Å²) in [4.78, 5) is 11.7. The zero-order chi connectivity index (χ0) is 22.7. The summed E-state index contributed by atoms with van der Waals surface area (Å²) >= 11 is 3.34. The van der Waals surface area contributed by atoms with Gasteiger partial charge in [-0.2, -0.15) is 0 Å². The summed E-state index contributed by atoms with van der Waals surface area (Å²) in [7, 11) is 0. The predicted molar refractivity (Wildman–Crippen MR) is 126 cm³/mol. The van der Waals surface area contributed by atoms with Crippen LogP contribution in [0, 0.1) is 5.82 Å². The van der Waals surface area contributed by atoms with Crippen LogP contribution in [-0.2, 0) is 19.6 Å². The second-order valence-electron chi connectivity index (χ2n) is 7.49. The maximum atomic E-state index is 13.9. The van der Waals surface area contributed by atoms with Gasteiger partial charge in [-0.15, -0.1) is 0 Å². The quantitative estimate of drug-likeness (QED) is 0.343. The van der Waals surface area contributed by atoms with Gasteiger partial charge in [-0.3, -0.25) is 0 Å². The Bertz CT molecular complexity index is 1290. The van der Waals surface area contributed by atoms with Crippen LogP contribution in [0.4, 0.5) is 4.39 Å². The lowest BCUT2D eigenvalue weighted by molar-refractivity contribution is 0.0695. The van der Waals surface area contributed by atoms with E-state index in [1.54, 1.807) is 24.3 Å². The Hall–Kier alpha value is -3.16. The molecule has 0 saturated carbocycles. The molecule has 0 saturated heterocycles. The largest absolute Gasteiger partial charge is 0.489 e. The highest BCUT2D eigenvalue weighted by molar-refractivity contribution is 9.10. The molecule has 0 amide bonds. The van der Waals surface area contributed by atoms with E-state index in [0.29, 0.717) is 36.4 Å². The fourth-order valence-electron chi connectivity index (χ4n) is 3.77. The topological polar surface area (TPSA) is 77.5 Å². The molecule has 164 valence electrons. The van der Waals surface area contributed by atoms with E-state index in [2.05, 4.69) is 15.9 Å². The van der Waals surface area contributed by atoms with Gasteiger partial charge in [0.25, 0.3) is 0 Å². The molecular formula is C25H22BrFN2O3. The first kappa shape index (κ1) is 22.0. The number of carbonyl (C=O) groups is 1. The van der Waals surface area contributed by atoms with E-state index in [4.69, 9.17) is 10.5 Å². The van der Waals surface area contributed by atoms with Crippen molar-refractivity contribution in [3.63, 3.8) is 0 Å². The number of halogens is 2. The minimum Gasteiger partial charge on any atom is -0.489 e. The van der Waals surface area contributed by atoms with E-state index in [1.807, 2.05) is 41.1 Å². The van der Waals surface area contributed by atoms with E-state index < -0.39 is 5.97 Å². The van der Waals surface area contributed by atoms with Crippen molar-refractivity contribution in [1.82, 2.24) is 4.57 Å². The van der Waals surface area contributed by atoms with Gasteiger partial charge in [-0.25, -0.2) is 9.18 Å². The number of benzene rings is 3. The summed E-state index contributed by atoms with van der Waals surface area (Å²) < 4.78 is 22.5. The van der Waals surface area contributed by atoms with E-state index in [9.17, 15) is 14.3 Å². The monoisotopic (exact) mass is 496 g/mol. The molecule has 0 fully saturated rings. The van der Waals surface area contributed by atoms with Crippen molar-refractivity contribution in [2.45, 2.75) is 19.6 Å². The number of nitrogens with zero attached hydrogens (tertiary/aromatic N) is 1. The van der Waals surface area contributed by atoms with Gasteiger partial charge in [0.05, 0.1) is 5.56 Å². The van der Waals surface area contributed by atoms with Gasteiger partial charge in [0, 0.05) is 33.7 Å². The van der Waals surface area contributed by atoms with Gasteiger partial charge >= 0.3 is 5.97 Å². The molecule has 32 heavy (non-hydrogen) atoms. The number of carboxylic acids is 1. The number of hydrogen-bond acceptors (Lipinski definition) is 3. The van der Waals surface area contributed by atoms with Gasteiger partial charge in [-0.1, -0.05) is 40.2 Å². The number of rotatable bonds is 8. The van der Waals surface area contributed by atoms with Crippen molar-refractivity contribution in [2.75, 3.05) is 6.54 Å². The van der Waals surface area contributed by atoms with Crippen LogP contribution in [0.2, 0.25) is 0 Å². The summed E-state index contributed by atoms with van der Waals surface area (Å²) in [6.07, 6.45) is 2.68. The Kier molecular flexibility index (Phi) is 6.58. The van der Waals surface area contributed by atoms with Gasteiger partial charge in [0.2, 0.25) is 0 Å². The highest BCUT2D eigenvalue weighted by Crippen LogP contribution is 2.29. The summed E-state index contributed by atoms with van der Waals surface area (Å²) in [5.41, 5.74) is 9.27. The standard InChI is InChI=1S/C25H22BrFN2O3/c26-19-6-5-16(22(11-19)25(30)31)13-29-14-17(9-10-28)21-12-20(7-8-24(21)29)32-15-18-3-1-2-4-23(18)27/h1-8,11-12,14H,9-10,13,15,28H2,(H,30,31). The van der Waals surface area contributed by atoms with Crippen molar-refractivity contribution in [3.05, 3.63) is 99.4 Å². The third-order valence-corrected chi connectivity index (χ3v) is 5.84. The lowest BCUT2D eigenvalue weighted by Crippen LogP contribution is -2.07. The van der Waals surface area contributed by atoms with Crippen LogP contribution < -0.4 is 10.5 Å². The molecular weight excluding hydrogens is 475 g/mol. The lowest BCUT2D eigenvalue weighted by atomic mass is 10.1. The van der Waals surface area contributed by atoms with Gasteiger partial charge < -0.3 is 20.1 Å². The van der Waals surface area contributed by atoms with Crippen LogP contribution in [0.25, 0.3) is 10.9 Å². The summed E-state index contributed by atoms with van der Waals surface area (Å²) in [5.74, 6) is -0.636. The molecule has 3 aromatic carbocycles. The van der Waals surface area contributed by atoms with Crippen molar-refractivity contribution >= 4 is 32.8 Å². The van der Waals surface area contributed by atoms with Crippen LogP contribution in [0.5, 0.6) is 5.75 Å². The number of aromatic nitrogens is 1. The molecule has 1 aromatic heterocycles. The van der Waals surface area contributed by atoms with E-state index in [0.717, 1.165) is 20.9 Å². The second-order valence-corrected chi connectivity index (χ2v) is 8.40. The summed E-state index contributed by atoms with van der Waals surface area (Å²) in [6.45, 7) is 1.02. The molecule has 0 spiro atoms. The third-order valence-electron chi connectivity index (χ3n) is 5.34. The number of nitrogens with two attached hydrogens (primary N) is 1. The molecule has 4 aromatic rings. The molecule has 0 aliphatic heterocycles. The first-order valence-electron chi connectivity index (χ1n) is 10.2. The SMILES string of the molecule is NCCc1cn(Cc2ccc(Br)cc2C(=O)O)c2ccc(OCc3ccccc3F)cc12. The summed E-state index contributed by atoms with van der Waals surface area (Å²) in [5, 5.41) is 10.6. The van der Waals surface area contributed by atoms with Crippen molar-refractivity contribution in [3.8, 4) is 5.75 Å². The van der Waals surface area contributed by atoms with E-state index in [1.165, 1.54) is 6.07 Å². The zero-order valence-corrected chi connectivity index (χ0v) is 18.8. The van der Waals surface area contributed by atoms with Crippen LogP contribution in [-0.4, -0.2) is 22.2 Å². The second kappa shape index (κ2) is 9.54. The Labute approximate surface area is 193 Å². The molecule has 4 rings (SSSR count). The molecule has 5 nitrogen and oxygen atoms in total. The van der Waals surface area contributed by atoms with Crippen LogP contribution >= 0.6 is 15.9 Å². The Morgan fingerprint density at radius 2 is 1.88 bits per heavy atom. The number of fused-ring (bicyclic) bond motifs is 1. The molecule has 0 bridgehead atoms. The third kappa shape index (κ3) is 4.69. The maximum absolute atomic E-state index is 13.9. The van der Waals surface area contributed by atoms with Crippen LogP contribution in [0.3, 0.4) is 0 Å². The molecule has 1 heterocycles. The van der Waals surface area contributed by atoms with Crippen molar-refractivity contribution < 1.29 is 19.0 Å². The minimum atomic E-state index is -0.969. The highest BCUT2D eigenvalue weighted by atomic mass is 79.9. The van der Waals surface area contributed by atoms with E-state index >= 15 is 0 Å². The molecule has 0 aliphatic carbocycles. The molecule has 0 atom stereocenters. The first-order valence-corrected chi connectivity index (χ1v) is 11.0. The molecule has 0 aliphatic rings. The average molecular weight is 497 g/mol. The highest BCUT2D eigenvalue weighted by Gasteiger charge is 2.15. The number of carboxylic acid groups (broad SMARTS) is 1. The van der Waals surface area contributed by atoms with E-state index in [-0.39, 0.29) is 18.0 Å². The molecule has 0 unspecified atom stereocenters. The predicted octanol–water partition coefficient (Wildman–Crippen LogP) is 5.37. The Morgan fingerprint density at radius 1 is 1.06 bits per heavy atom. The van der Waals surface area contributed by atoms with Crippen molar-refractivity contribution in [1.29, 1.82) is 0 Å². The fraction of sp³-hybridized carbons (Fsp3) is 0.160. The van der Waals surface area contributed by atoms with Gasteiger partial charge in [0.1, 0.15) is 18.2 Å². The van der Waals surface area contributed by atoms with Crippen molar-refractivity contribution in [2.24, 2.45) is 5.73 Å². The first-order chi connectivity index (χ1) is 15.5. The van der Waals surface area contributed by atoms with Gasteiger partial charge in [0.15, 0.2) is 0 Å². The van der Waals surface area contributed by atoms with Gasteiger partial charge in [-0.05, 0) is 60.5 Å². The normalized spacial score (nSPS) is 11.1. The molecule has 3 N–H and O–H groups in total. The smallest absolute Gasteiger partial charge is 0.336 e. The Morgan fingerprint density at radius 3 is 2.62 bits per heavy atom. The zero-order valence-electron chi connectivity index (χ0n) is 17.2. The fourth-order valence-corrected chi connectivity index (χ4v) is 4.13. The number of aromatic carboxylic acids is 1. The minimum absolute atomic E-state index is 0.131. The number of ether oxygens (including phenoxy) is 1. The Balaban J connectivity index is 1.66. The maximum Gasteiger partial charge on any atom is 0.336 e. The summed E-state index contributed by atoms with van der Waals surface area (Å²) in [6, 6.07) is 17.5.